The highest BCUT2D eigenvalue weighted by atomic mass is 19.3. The summed E-state index contributed by atoms with van der Waals surface area (Å²) in [7, 11) is 0. The zero-order valence-corrected chi connectivity index (χ0v) is 6.82. The van der Waals surface area contributed by atoms with Crippen molar-refractivity contribution < 1.29 is 13.9 Å². The number of aliphatic hydroxyl groups excluding tert-OH is 1. The molecule has 1 atom stereocenters. The lowest BCUT2D eigenvalue weighted by Crippen LogP contribution is -2.15. The Morgan fingerprint density at radius 2 is 2.23 bits per heavy atom. The van der Waals surface area contributed by atoms with Crippen LogP contribution in [0.5, 0.6) is 0 Å². The molecule has 0 radical (unpaired) electrons. The minimum atomic E-state index is -2.63. The Labute approximate surface area is 74.2 Å². The van der Waals surface area contributed by atoms with E-state index in [-0.39, 0.29) is 17.8 Å². The smallest absolute Gasteiger partial charge is 0.265 e. The lowest BCUT2D eigenvalue weighted by atomic mass is 10.1. The van der Waals surface area contributed by atoms with Gasteiger partial charge >= 0.3 is 0 Å². The van der Waals surface area contributed by atoms with E-state index in [1.54, 1.807) is 0 Å². The number of alkyl halides is 2. The van der Waals surface area contributed by atoms with Gasteiger partial charge in [-0.05, 0) is 12.1 Å². The van der Waals surface area contributed by atoms with Crippen LogP contribution in [-0.2, 0) is 0 Å². The van der Waals surface area contributed by atoms with Crippen LogP contribution in [0.15, 0.2) is 18.3 Å². The molecule has 72 valence electrons. The molecule has 0 aromatic carbocycles. The van der Waals surface area contributed by atoms with Crippen LogP contribution in [0.4, 0.5) is 8.78 Å². The van der Waals surface area contributed by atoms with E-state index in [0.29, 0.717) is 0 Å². The van der Waals surface area contributed by atoms with Gasteiger partial charge in [-0.1, -0.05) is 0 Å². The Morgan fingerprint density at radius 1 is 1.54 bits per heavy atom. The van der Waals surface area contributed by atoms with Crippen LogP contribution in [0, 0.1) is 0 Å². The molecule has 3 nitrogen and oxygen atoms in total. The topological polar surface area (TPSA) is 59.1 Å². The molecular weight excluding hydrogens is 178 g/mol. The molecule has 0 saturated heterocycles. The molecule has 0 saturated carbocycles. The highest BCUT2D eigenvalue weighted by molar-refractivity contribution is 5.23. The van der Waals surface area contributed by atoms with Crippen molar-refractivity contribution in [2.75, 3.05) is 6.54 Å². The highest BCUT2D eigenvalue weighted by Gasteiger charge is 2.18. The van der Waals surface area contributed by atoms with Crippen molar-refractivity contribution in [3.63, 3.8) is 0 Å². The molecule has 0 amide bonds. The molecule has 0 aliphatic rings. The van der Waals surface area contributed by atoms with Gasteiger partial charge < -0.3 is 10.8 Å². The van der Waals surface area contributed by atoms with Crippen LogP contribution in [0.25, 0.3) is 0 Å². The first-order chi connectivity index (χ1) is 6.16. The van der Waals surface area contributed by atoms with Crippen LogP contribution in [0.2, 0.25) is 0 Å². The highest BCUT2D eigenvalue weighted by Crippen LogP contribution is 2.24. The second-order valence-corrected chi connectivity index (χ2v) is 2.53. The maximum atomic E-state index is 12.3. The number of halogens is 2. The second kappa shape index (κ2) is 4.25. The van der Waals surface area contributed by atoms with E-state index in [1.807, 2.05) is 0 Å². The molecular formula is C8H10F2N2O. The molecule has 1 aromatic rings. The molecule has 1 rings (SSSR count). The van der Waals surface area contributed by atoms with Gasteiger partial charge in [-0.25, -0.2) is 8.78 Å². The number of pyridine rings is 1. The van der Waals surface area contributed by atoms with Crippen LogP contribution < -0.4 is 5.73 Å². The molecule has 0 fully saturated rings. The Hall–Kier alpha value is -1.07. The largest absolute Gasteiger partial charge is 0.385 e. The average Bonchev–Trinajstić information content (AvgIpc) is 2.16. The summed E-state index contributed by atoms with van der Waals surface area (Å²) in [5.41, 5.74) is 4.83. The van der Waals surface area contributed by atoms with E-state index in [0.717, 1.165) is 0 Å². The van der Waals surface area contributed by atoms with Crippen LogP contribution in [0.1, 0.15) is 23.8 Å². The summed E-state index contributed by atoms with van der Waals surface area (Å²) in [6, 6.07) is 2.63. The van der Waals surface area contributed by atoms with Gasteiger partial charge in [0.15, 0.2) is 0 Å². The van der Waals surface area contributed by atoms with Crippen LogP contribution in [0.3, 0.4) is 0 Å². The first-order valence-corrected chi connectivity index (χ1v) is 3.78. The summed E-state index contributed by atoms with van der Waals surface area (Å²) < 4.78 is 24.7. The second-order valence-electron chi connectivity index (χ2n) is 2.53. The van der Waals surface area contributed by atoms with Crippen molar-refractivity contribution >= 4 is 0 Å². The molecule has 1 unspecified atom stereocenters. The van der Waals surface area contributed by atoms with E-state index in [1.165, 1.54) is 18.3 Å². The Bertz CT molecular complexity index is 281. The van der Waals surface area contributed by atoms with Gasteiger partial charge in [0.2, 0.25) is 0 Å². The maximum absolute atomic E-state index is 12.3. The molecule has 3 N–H and O–H groups in total. The minimum Gasteiger partial charge on any atom is -0.385 e. The van der Waals surface area contributed by atoms with Crippen molar-refractivity contribution in [3.05, 3.63) is 29.6 Å². The fourth-order valence-electron chi connectivity index (χ4n) is 1.00. The summed E-state index contributed by atoms with van der Waals surface area (Å²) in [5, 5.41) is 9.24. The van der Waals surface area contributed by atoms with E-state index in [2.05, 4.69) is 4.98 Å². The Morgan fingerprint density at radius 3 is 2.77 bits per heavy atom. The maximum Gasteiger partial charge on any atom is 0.265 e. The summed E-state index contributed by atoms with van der Waals surface area (Å²) in [6.45, 7) is -0.114. The van der Waals surface area contributed by atoms with Crippen molar-refractivity contribution in [2.24, 2.45) is 5.73 Å². The third kappa shape index (κ3) is 2.19. The number of hydrogen-bond acceptors (Lipinski definition) is 3. The first kappa shape index (κ1) is 10.0. The zero-order chi connectivity index (χ0) is 9.84. The molecule has 0 bridgehead atoms. The fraction of sp³-hybridized carbons (Fsp3) is 0.375. The predicted octanol–water partition coefficient (Wildman–Crippen LogP) is 1.01. The number of nitrogens with two attached hydrogens (primary N) is 1. The fourth-order valence-corrected chi connectivity index (χ4v) is 1.00. The Balaban J connectivity index is 3.04. The van der Waals surface area contributed by atoms with E-state index >= 15 is 0 Å². The predicted molar refractivity (Wildman–Crippen MR) is 43.2 cm³/mol. The summed E-state index contributed by atoms with van der Waals surface area (Å²) in [4.78, 5) is 3.66. The molecule has 13 heavy (non-hydrogen) atoms. The minimum absolute atomic E-state index is 0.0417. The molecule has 0 spiro atoms. The summed E-state index contributed by atoms with van der Waals surface area (Å²) in [6.07, 6.45) is -2.41. The van der Waals surface area contributed by atoms with Gasteiger partial charge in [0.1, 0.15) is 6.10 Å². The van der Waals surface area contributed by atoms with Gasteiger partial charge in [-0.3, -0.25) is 4.98 Å². The third-order valence-electron chi connectivity index (χ3n) is 1.65. The van der Waals surface area contributed by atoms with Crippen molar-refractivity contribution in [1.82, 2.24) is 4.98 Å². The quantitative estimate of drug-likeness (QED) is 0.744. The van der Waals surface area contributed by atoms with Crippen LogP contribution >= 0.6 is 0 Å². The van der Waals surface area contributed by atoms with E-state index in [9.17, 15) is 13.9 Å². The lowest BCUT2D eigenvalue weighted by Gasteiger charge is -2.11. The van der Waals surface area contributed by atoms with Gasteiger partial charge in [0, 0.05) is 18.3 Å². The zero-order valence-electron chi connectivity index (χ0n) is 6.82. The first-order valence-electron chi connectivity index (χ1n) is 3.78. The number of hydrogen-bond donors (Lipinski definition) is 2. The van der Waals surface area contributed by atoms with Gasteiger partial charge in [-0.2, -0.15) is 0 Å². The number of aromatic nitrogens is 1. The number of aliphatic hydroxyl groups is 1. The monoisotopic (exact) mass is 188 g/mol. The summed E-state index contributed by atoms with van der Waals surface area (Å²) in [5.74, 6) is 0. The van der Waals surface area contributed by atoms with Crippen LogP contribution in [-0.4, -0.2) is 16.6 Å². The van der Waals surface area contributed by atoms with Gasteiger partial charge in [0.25, 0.3) is 6.43 Å². The number of rotatable bonds is 3. The molecule has 0 aliphatic carbocycles. The molecule has 0 aliphatic heterocycles. The standard InChI is InChI=1S/C8H10F2N2O/c9-8(10)5-2-1-3-12-7(5)6(13)4-11/h1-3,6,8,13H,4,11H2. The Kier molecular flexibility index (Phi) is 3.27. The van der Waals surface area contributed by atoms with Gasteiger partial charge in [-0.15, -0.1) is 0 Å². The van der Waals surface area contributed by atoms with Crippen molar-refractivity contribution in [1.29, 1.82) is 0 Å². The van der Waals surface area contributed by atoms with E-state index in [4.69, 9.17) is 5.73 Å². The van der Waals surface area contributed by atoms with E-state index < -0.39 is 12.5 Å². The van der Waals surface area contributed by atoms with Gasteiger partial charge in [0.05, 0.1) is 5.69 Å². The SMILES string of the molecule is NCC(O)c1ncccc1C(F)F. The molecule has 5 heteroatoms. The molecule has 1 aromatic heterocycles. The molecule has 1 heterocycles. The normalized spacial score (nSPS) is 13.3. The number of nitrogens with zero attached hydrogens (tertiary/aromatic N) is 1. The summed E-state index contributed by atoms with van der Waals surface area (Å²) >= 11 is 0. The van der Waals surface area contributed by atoms with Crippen molar-refractivity contribution in [3.8, 4) is 0 Å². The lowest BCUT2D eigenvalue weighted by molar-refractivity contribution is 0.135. The third-order valence-corrected chi connectivity index (χ3v) is 1.65. The average molecular weight is 188 g/mol. The van der Waals surface area contributed by atoms with Crippen molar-refractivity contribution in [2.45, 2.75) is 12.5 Å².